The number of benzene rings is 2. The SMILES string of the molecule is C[C@@H]1C[C@H](C)CN(CCCNC(=S)Nc2ccc(CSc3ccccc3)cc2)C1. The first kappa shape index (κ1) is 22.1. The number of hydrogen-bond donors (Lipinski definition) is 2. The second-order valence-electron chi connectivity index (χ2n) is 8.24. The lowest BCUT2D eigenvalue weighted by Gasteiger charge is -2.34. The van der Waals surface area contributed by atoms with Crippen molar-refractivity contribution in [3.63, 3.8) is 0 Å². The fourth-order valence-corrected chi connectivity index (χ4v) is 5.12. The van der Waals surface area contributed by atoms with E-state index in [1.54, 1.807) is 0 Å². The molecule has 3 rings (SSSR count). The van der Waals surface area contributed by atoms with E-state index in [1.807, 2.05) is 11.8 Å². The number of piperidine rings is 1. The summed E-state index contributed by atoms with van der Waals surface area (Å²) in [7, 11) is 0. The number of nitrogens with one attached hydrogen (secondary N) is 2. The van der Waals surface area contributed by atoms with Gasteiger partial charge >= 0.3 is 0 Å². The van der Waals surface area contributed by atoms with Crippen molar-refractivity contribution in [1.29, 1.82) is 0 Å². The van der Waals surface area contributed by atoms with Gasteiger partial charge in [0.15, 0.2) is 5.11 Å². The average Bonchev–Trinajstić information content (AvgIpc) is 2.71. The van der Waals surface area contributed by atoms with Gasteiger partial charge in [-0.15, -0.1) is 11.8 Å². The molecule has 2 aromatic rings. The number of hydrogen-bond acceptors (Lipinski definition) is 3. The second kappa shape index (κ2) is 11.6. The Balaban J connectivity index is 1.33. The Morgan fingerprint density at radius 2 is 1.72 bits per heavy atom. The smallest absolute Gasteiger partial charge is 0.170 e. The van der Waals surface area contributed by atoms with Crippen molar-refractivity contribution in [1.82, 2.24) is 10.2 Å². The fraction of sp³-hybridized carbons (Fsp3) is 0.458. The van der Waals surface area contributed by atoms with Crippen molar-refractivity contribution in [3.8, 4) is 0 Å². The van der Waals surface area contributed by atoms with Gasteiger partial charge in [-0.1, -0.05) is 44.2 Å². The highest BCUT2D eigenvalue weighted by atomic mass is 32.2. The van der Waals surface area contributed by atoms with Gasteiger partial charge in [-0.05, 0) is 73.3 Å². The van der Waals surface area contributed by atoms with Gasteiger partial charge in [-0.25, -0.2) is 0 Å². The third-order valence-corrected chi connectivity index (χ3v) is 6.57. The van der Waals surface area contributed by atoms with Gasteiger partial charge in [0.05, 0.1) is 0 Å². The Kier molecular flexibility index (Phi) is 8.84. The maximum atomic E-state index is 5.45. The minimum Gasteiger partial charge on any atom is -0.362 e. The number of thioether (sulfide) groups is 1. The molecule has 0 amide bonds. The average molecular weight is 428 g/mol. The molecule has 1 saturated heterocycles. The Hall–Kier alpha value is -1.56. The van der Waals surface area contributed by atoms with E-state index in [1.165, 1.54) is 30.0 Å². The largest absolute Gasteiger partial charge is 0.362 e. The molecule has 0 aromatic heterocycles. The lowest BCUT2D eigenvalue weighted by Crippen LogP contribution is -2.40. The maximum Gasteiger partial charge on any atom is 0.170 e. The highest BCUT2D eigenvalue weighted by Gasteiger charge is 2.20. The van der Waals surface area contributed by atoms with Crippen LogP contribution in [0.2, 0.25) is 0 Å². The van der Waals surface area contributed by atoms with Crippen molar-refractivity contribution in [3.05, 3.63) is 60.2 Å². The van der Waals surface area contributed by atoms with E-state index in [0.717, 1.165) is 42.8 Å². The molecule has 2 aromatic carbocycles. The molecule has 5 heteroatoms. The molecule has 1 aliphatic rings. The van der Waals surface area contributed by atoms with Gasteiger partial charge in [0.1, 0.15) is 0 Å². The maximum absolute atomic E-state index is 5.45. The number of anilines is 1. The van der Waals surface area contributed by atoms with Crippen LogP contribution in [-0.4, -0.2) is 36.2 Å². The van der Waals surface area contributed by atoms with E-state index in [-0.39, 0.29) is 0 Å². The van der Waals surface area contributed by atoms with Crippen molar-refractivity contribution in [2.45, 2.75) is 37.3 Å². The zero-order chi connectivity index (χ0) is 20.5. The van der Waals surface area contributed by atoms with E-state index in [4.69, 9.17) is 12.2 Å². The molecular formula is C24H33N3S2. The summed E-state index contributed by atoms with van der Waals surface area (Å²) in [6.07, 6.45) is 2.49. The normalized spacial score (nSPS) is 19.7. The summed E-state index contributed by atoms with van der Waals surface area (Å²) >= 11 is 7.31. The van der Waals surface area contributed by atoms with E-state index >= 15 is 0 Å². The first-order valence-electron chi connectivity index (χ1n) is 10.6. The molecule has 0 radical (unpaired) electrons. The molecule has 0 unspecified atom stereocenters. The monoisotopic (exact) mass is 427 g/mol. The van der Waals surface area contributed by atoms with Crippen LogP contribution in [0.1, 0.15) is 32.3 Å². The fourth-order valence-electron chi connectivity index (χ4n) is 4.02. The first-order chi connectivity index (χ1) is 14.1. The molecule has 1 fully saturated rings. The molecular weight excluding hydrogens is 394 g/mol. The van der Waals surface area contributed by atoms with Gasteiger partial charge in [0.25, 0.3) is 0 Å². The summed E-state index contributed by atoms with van der Waals surface area (Å²) in [5.74, 6) is 2.62. The summed E-state index contributed by atoms with van der Waals surface area (Å²) < 4.78 is 0. The van der Waals surface area contributed by atoms with Gasteiger partial charge < -0.3 is 15.5 Å². The standard InChI is InChI=1S/C24H33N3S2/c1-19-15-20(2)17-27(16-19)14-6-13-25-24(28)26-22-11-9-21(10-12-22)18-29-23-7-4-3-5-8-23/h3-5,7-12,19-20H,6,13-18H2,1-2H3,(H2,25,26,28)/t19-,20+. The number of likely N-dealkylation sites (tertiary alicyclic amines) is 1. The van der Waals surface area contributed by atoms with Crippen LogP contribution in [0, 0.1) is 11.8 Å². The van der Waals surface area contributed by atoms with E-state index in [0.29, 0.717) is 5.11 Å². The van der Waals surface area contributed by atoms with Crippen LogP contribution in [0.5, 0.6) is 0 Å². The Morgan fingerprint density at radius 3 is 2.41 bits per heavy atom. The summed E-state index contributed by atoms with van der Waals surface area (Å²) in [6.45, 7) is 9.27. The summed E-state index contributed by atoms with van der Waals surface area (Å²) in [4.78, 5) is 3.90. The summed E-state index contributed by atoms with van der Waals surface area (Å²) in [5.41, 5.74) is 2.35. The third kappa shape index (κ3) is 8.00. The van der Waals surface area contributed by atoms with Crippen LogP contribution in [0.15, 0.2) is 59.5 Å². The quantitative estimate of drug-likeness (QED) is 0.323. The predicted molar refractivity (Wildman–Crippen MR) is 131 cm³/mol. The molecule has 2 atom stereocenters. The van der Waals surface area contributed by atoms with Crippen molar-refractivity contribution >= 4 is 34.8 Å². The van der Waals surface area contributed by atoms with Gasteiger partial charge in [-0.2, -0.15) is 0 Å². The number of nitrogens with zero attached hydrogens (tertiary/aromatic N) is 1. The van der Waals surface area contributed by atoms with Crippen LogP contribution in [0.3, 0.4) is 0 Å². The predicted octanol–water partition coefficient (Wildman–Crippen LogP) is 5.63. The number of rotatable bonds is 8. The summed E-state index contributed by atoms with van der Waals surface area (Å²) in [5, 5.41) is 7.34. The van der Waals surface area contributed by atoms with Crippen molar-refractivity contribution < 1.29 is 0 Å². The molecule has 156 valence electrons. The molecule has 3 nitrogen and oxygen atoms in total. The molecule has 1 heterocycles. The summed E-state index contributed by atoms with van der Waals surface area (Å²) in [6, 6.07) is 19.0. The van der Waals surface area contributed by atoms with E-state index < -0.39 is 0 Å². The van der Waals surface area contributed by atoms with E-state index in [2.05, 4.69) is 84.0 Å². The lowest BCUT2D eigenvalue weighted by atomic mass is 9.92. The molecule has 2 N–H and O–H groups in total. The van der Waals surface area contributed by atoms with Crippen molar-refractivity contribution in [2.24, 2.45) is 11.8 Å². The lowest BCUT2D eigenvalue weighted by molar-refractivity contribution is 0.140. The third-order valence-electron chi connectivity index (χ3n) is 5.24. The second-order valence-corrected chi connectivity index (χ2v) is 9.70. The van der Waals surface area contributed by atoms with Gasteiger partial charge in [-0.3, -0.25) is 0 Å². The molecule has 0 spiro atoms. The number of thiocarbonyl (C=S) groups is 1. The molecule has 0 saturated carbocycles. The minimum atomic E-state index is 0.705. The first-order valence-corrected chi connectivity index (χ1v) is 12.0. The minimum absolute atomic E-state index is 0.705. The highest BCUT2D eigenvalue weighted by Crippen LogP contribution is 2.23. The Morgan fingerprint density at radius 1 is 1.03 bits per heavy atom. The molecule has 29 heavy (non-hydrogen) atoms. The van der Waals surface area contributed by atoms with Crippen LogP contribution in [-0.2, 0) is 5.75 Å². The van der Waals surface area contributed by atoms with Crippen LogP contribution in [0.4, 0.5) is 5.69 Å². The highest BCUT2D eigenvalue weighted by molar-refractivity contribution is 7.98. The zero-order valence-corrected chi connectivity index (χ0v) is 19.2. The Bertz CT molecular complexity index is 738. The molecule has 0 aliphatic carbocycles. The van der Waals surface area contributed by atoms with E-state index in [9.17, 15) is 0 Å². The zero-order valence-electron chi connectivity index (χ0n) is 17.6. The van der Waals surface area contributed by atoms with Gasteiger partial charge in [0.2, 0.25) is 0 Å². The molecule has 1 aliphatic heterocycles. The van der Waals surface area contributed by atoms with Crippen molar-refractivity contribution in [2.75, 3.05) is 31.5 Å². The Labute approximate surface area is 185 Å². The topological polar surface area (TPSA) is 27.3 Å². The van der Waals surface area contributed by atoms with Crippen LogP contribution < -0.4 is 10.6 Å². The van der Waals surface area contributed by atoms with Crippen LogP contribution >= 0.6 is 24.0 Å². The van der Waals surface area contributed by atoms with Crippen LogP contribution in [0.25, 0.3) is 0 Å². The van der Waals surface area contributed by atoms with Gasteiger partial charge in [0, 0.05) is 36.0 Å². The molecule has 0 bridgehead atoms.